The number of esters is 1. The summed E-state index contributed by atoms with van der Waals surface area (Å²) in [4.78, 5) is 41.4. The molecule has 3 aromatic carbocycles. The number of aromatic nitrogens is 3. The summed E-state index contributed by atoms with van der Waals surface area (Å²) >= 11 is 0. The number of anilines is 1. The smallest absolute Gasteiger partial charge is 0.337 e. The van der Waals surface area contributed by atoms with E-state index < -0.39 is 29.6 Å². The number of methoxy groups -OCH3 is 1. The van der Waals surface area contributed by atoms with Gasteiger partial charge in [-0.25, -0.2) is 13.9 Å². The normalized spacial score (nSPS) is 14.4. The van der Waals surface area contributed by atoms with E-state index in [0.29, 0.717) is 16.7 Å². The summed E-state index contributed by atoms with van der Waals surface area (Å²) < 4.78 is 21.6. The highest BCUT2D eigenvalue weighted by Gasteiger charge is 2.36. The van der Waals surface area contributed by atoms with Crippen molar-refractivity contribution in [2.24, 2.45) is 0 Å². The summed E-state index contributed by atoms with van der Waals surface area (Å²) in [6.07, 6.45) is 4.73. The van der Waals surface area contributed by atoms with Crippen molar-refractivity contribution in [3.8, 4) is 0 Å². The van der Waals surface area contributed by atoms with Gasteiger partial charge in [0.1, 0.15) is 23.9 Å². The second kappa shape index (κ2) is 12.1. The third-order valence-electron chi connectivity index (χ3n) is 7.20. The molecule has 1 saturated carbocycles. The molecule has 1 aromatic heterocycles. The third kappa shape index (κ3) is 5.70. The lowest BCUT2D eigenvalue weighted by atomic mass is 9.94. The number of hydrogen-bond acceptors (Lipinski definition) is 6. The Bertz CT molecular complexity index is 1510. The molecular formula is C30H30FN5O4. The average Bonchev–Trinajstić information content (AvgIpc) is 3.39. The quantitative estimate of drug-likeness (QED) is 0.326. The second-order valence-corrected chi connectivity index (χ2v) is 9.81. The van der Waals surface area contributed by atoms with E-state index in [-0.39, 0.29) is 23.7 Å². The fraction of sp³-hybridized carbons (Fsp3) is 0.300. The maximum Gasteiger partial charge on any atom is 0.337 e. The minimum atomic E-state index is -1.31. The summed E-state index contributed by atoms with van der Waals surface area (Å²) in [6, 6.07) is 17.9. The van der Waals surface area contributed by atoms with E-state index >= 15 is 4.39 Å². The summed E-state index contributed by atoms with van der Waals surface area (Å²) in [5.41, 5.74) is 1.91. The fourth-order valence-electron chi connectivity index (χ4n) is 5.17. The number of ether oxygens (including phenoxy) is 1. The minimum Gasteiger partial charge on any atom is -0.465 e. The van der Waals surface area contributed by atoms with Crippen LogP contribution in [0, 0.1) is 5.82 Å². The molecule has 0 spiro atoms. The third-order valence-corrected chi connectivity index (χ3v) is 7.20. The van der Waals surface area contributed by atoms with E-state index in [2.05, 4.69) is 15.6 Å². The summed E-state index contributed by atoms with van der Waals surface area (Å²) in [6.45, 7) is -0.249. The lowest BCUT2D eigenvalue weighted by Gasteiger charge is -2.33. The zero-order valence-electron chi connectivity index (χ0n) is 22.1. The van der Waals surface area contributed by atoms with Gasteiger partial charge >= 0.3 is 5.97 Å². The number of fused-ring (bicyclic) bond motifs is 1. The number of benzene rings is 3. The van der Waals surface area contributed by atoms with Crippen molar-refractivity contribution in [3.05, 3.63) is 89.7 Å². The SMILES string of the molecule is COC(=O)c1ccc(N(C(=O)Cn2nnc3ccccc32)[C@@H](C(=O)NC2CCCCC2)c2ccccc2F)cc1. The van der Waals surface area contributed by atoms with Gasteiger partial charge < -0.3 is 10.1 Å². The Morgan fingerprint density at radius 3 is 2.42 bits per heavy atom. The minimum absolute atomic E-state index is 0.0599. The van der Waals surface area contributed by atoms with Crippen LogP contribution in [0.5, 0.6) is 0 Å². The molecule has 0 bridgehead atoms. The zero-order valence-corrected chi connectivity index (χ0v) is 22.1. The van der Waals surface area contributed by atoms with Crippen LogP contribution in [0.15, 0.2) is 72.8 Å². The number of nitrogens with one attached hydrogen (secondary N) is 1. The van der Waals surface area contributed by atoms with Crippen LogP contribution in [0.1, 0.15) is 54.1 Å². The van der Waals surface area contributed by atoms with Crippen LogP contribution in [0.4, 0.5) is 10.1 Å². The van der Waals surface area contributed by atoms with Gasteiger partial charge in [0.05, 0.1) is 18.2 Å². The molecule has 0 aliphatic heterocycles. The molecule has 0 saturated heterocycles. The molecule has 9 nitrogen and oxygen atoms in total. The highest BCUT2D eigenvalue weighted by atomic mass is 19.1. The molecule has 2 amide bonds. The van der Waals surface area contributed by atoms with Gasteiger partial charge in [-0.2, -0.15) is 0 Å². The van der Waals surface area contributed by atoms with Crippen molar-refractivity contribution in [1.82, 2.24) is 20.3 Å². The maximum atomic E-state index is 15.3. The van der Waals surface area contributed by atoms with Gasteiger partial charge in [-0.05, 0) is 55.3 Å². The summed E-state index contributed by atoms with van der Waals surface area (Å²) in [5, 5.41) is 11.3. The fourth-order valence-corrected chi connectivity index (χ4v) is 5.17. The standard InChI is InChI=1S/C30H30FN5O4/c1-40-30(39)20-15-17-22(18-16-20)36(27(37)19-35-26-14-8-7-13-25(26)33-34-35)28(23-11-5-6-12-24(23)31)29(38)32-21-9-3-2-4-10-21/h5-8,11-18,21,28H,2-4,9-10,19H2,1H3,(H,32,38)/t28-/m1/s1. The predicted molar refractivity (Wildman–Crippen MR) is 147 cm³/mol. The molecule has 4 aromatic rings. The Labute approximate surface area is 230 Å². The van der Waals surface area contributed by atoms with Crippen LogP contribution in [0.25, 0.3) is 11.0 Å². The highest BCUT2D eigenvalue weighted by molar-refractivity contribution is 6.02. The Morgan fingerprint density at radius 1 is 1.00 bits per heavy atom. The van der Waals surface area contributed by atoms with E-state index in [4.69, 9.17) is 4.74 Å². The molecule has 10 heteroatoms. The van der Waals surface area contributed by atoms with Crippen LogP contribution >= 0.6 is 0 Å². The number of carbonyl (C=O) groups is 3. The molecule has 0 unspecified atom stereocenters. The Morgan fingerprint density at radius 2 is 1.70 bits per heavy atom. The van der Waals surface area contributed by atoms with E-state index in [1.165, 1.54) is 47.0 Å². The monoisotopic (exact) mass is 543 g/mol. The Hall–Kier alpha value is -4.60. The summed E-state index contributed by atoms with van der Waals surface area (Å²) in [7, 11) is 1.28. The second-order valence-electron chi connectivity index (χ2n) is 9.81. The number of nitrogens with zero attached hydrogens (tertiary/aromatic N) is 4. The molecule has 1 atom stereocenters. The van der Waals surface area contributed by atoms with Gasteiger partial charge in [0, 0.05) is 17.3 Å². The Balaban J connectivity index is 1.58. The summed E-state index contributed by atoms with van der Waals surface area (Å²) in [5.74, 6) is -2.14. The van der Waals surface area contributed by atoms with Crippen molar-refractivity contribution in [1.29, 1.82) is 0 Å². The zero-order chi connectivity index (χ0) is 28.1. The van der Waals surface area contributed by atoms with Crippen LogP contribution in [0.2, 0.25) is 0 Å². The van der Waals surface area contributed by atoms with Gasteiger partial charge in [0.25, 0.3) is 0 Å². The molecule has 5 rings (SSSR count). The number of rotatable bonds is 8. The van der Waals surface area contributed by atoms with Crippen molar-refractivity contribution >= 4 is 34.5 Å². The van der Waals surface area contributed by atoms with Crippen LogP contribution in [-0.4, -0.2) is 45.9 Å². The molecular weight excluding hydrogens is 513 g/mol. The first-order chi connectivity index (χ1) is 19.5. The topological polar surface area (TPSA) is 106 Å². The van der Waals surface area contributed by atoms with Gasteiger partial charge in [0.2, 0.25) is 11.8 Å². The number of carbonyl (C=O) groups excluding carboxylic acids is 3. The largest absolute Gasteiger partial charge is 0.465 e. The predicted octanol–water partition coefficient (Wildman–Crippen LogP) is 4.58. The van der Waals surface area contributed by atoms with E-state index in [1.54, 1.807) is 30.3 Å². The molecule has 1 fully saturated rings. The van der Waals surface area contributed by atoms with Crippen LogP contribution in [0.3, 0.4) is 0 Å². The number of halogens is 1. The van der Waals surface area contributed by atoms with Crippen molar-refractivity contribution in [3.63, 3.8) is 0 Å². The van der Waals surface area contributed by atoms with E-state index in [1.807, 2.05) is 12.1 Å². The lowest BCUT2D eigenvalue weighted by molar-refractivity contribution is -0.127. The van der Waals surface area contributed by atoms with Crippen LogP contribution < -0.4 is 10.2 Å². The first-order valence-corrected chi connectivity index (χ1v) is 13.3. The van der Waals surface area contributed by atoms with Crippen molar-refractivity contribution in [2.75, 3.05) is 12.0 Å². The highest BCUT2D eigenvalue weighted by Crippen LogP contribution is 2.31. The molecule has 1 N–H and O–H groups in total. The van der Waals surface area contributed by atoms with Crippen molar-refractivity contribution < 1.29 is 23.5 Å². The number of hydrogen-bond donors (Lipinski definition) is 1. The molecule has 206 valence electrons. The number of para-hydroxylation sites is 1. The van der Waals surface area contributed by atoms with Crippen LogP contribution in [-0.2, 0) is 20.9 Å². The van der Waals surface area contributed by atoms with Gasteiger partial charge in [-0.1, -0.05) is 54.8 Å². The molecule has 0 radical (unpaired) electrons. The first-order valence-electron chi connectivity index (χ1n) is 13.3. The van der Waals surface area contributed by atoms with Gasteiger partial charge in [-0.15, -0.1) is 5.10 Å². The van der Waals surface area contributed by atoms with Gasteiger partial charge in [-0.3, -0.25) is 14.5 Å². The molecule has 40 heavy (non-hydrogen) atoms. The molecule has 1 heterocycles. The van der Waals surface area contributed by atoms with E-state index in [9.17, 15) is 14.4 Å². The Kier molecular flexibility index (Phi) is 8.14. The number of amides is 2. The van der Waals surface area contributed by atoms with Crippen molar-refractivity contribution in [2.45, 2.75) is 50.7 Å². The average molecular weight is 544 g/mol. The lowest BCUT2D eigenvalue weighted by Crippen LogP contribution is -2.48. The molecule has 1 aliphatic rings. The molecule has 1 aliphatic carbocycles. The van der Waals surface area contributed by atoms with Gasteiger partial charge in [0.15, 0.2) is 0 Å². The maximum absolute atomic E-state index is 15.3. The van der Waals surface area contributed by atoms with E-state index in [0.717, 1.165) is 32.1 Å². The first kappa shape index (κ1) is 27.0.